The molecule has 44 heavy (non-hydrogen) atoms. The molecule has 3 heterocycles. The minimum absolute atomic E-state index is 0.0578. The van der Waals surface area contributed by atoms with Gasteiger partial charge in [0.2, 0.25) is 17.7 Å². The molecule has 2 aliphatic rings. The second kappa shape index (κ2) is 12.4. The van der Waals surface area contributed by atoms with Crippen LogP contribution in [-0.4, -0.2) is 75.8 Å². The Balaban J connectivity index is 1.54. The number of carbonyl (C=O) groups is 3. The molecule has 1 atom stereocenters. The lowest BCUT2D eigenvalue weighted by Crippen LogP contribution is -2.53. The molecule has 6 rings (SSSR count). The Hall–Kier alpha value is -4.22. The number of hydrogen-bond acceptors (Lipinski definition) is 5. The van der Waals surface area contributed by atoms with Gasteiger partial charge in [0.05, 0.1) is 27.4 Å². The third-order valence-electron chi connectivity index (χ3n) is 7.83. The molecule has 0 N–H and O–H groups in total. The number of rotatable bonds is 5. The first-order valence-electron chi connectivity index (χ1n) is 14.1. The summed E-state index contributed by atoms with van der Waals surface area (Å²) in [7, 11) is 0. The summed E-state index contributed by atoms with van der Waals surface area (Å²) in [5, 5.41) is 4.55. The van der Waals surface area contributed by atoms with Crippen molar-refractivity contribution in [3.05, 3.63) is 101 Å². The van der Waals surface area contributed by atoms with Gasteiger partial charge in [-0.15, -0.1) is 11.8 Å². The smallest absolute Gasteiger partial charge is 0.242 e. The number of carbonyl (C=O) groups excluding carboxylic acids is 3. The molecule has 3 aromatic carbocycles. The first-order valence-corrected chi connectivity index (χ1v) is 15.5. The van der Waals surface area contributed by atoms with Gasteiger partial charge in [-0.25, -0.2) is 13.5 Å². The first kappa shape index (κ1) is 29.8. The highest BCUT2D eigenvalue weighted by atomic mass is 35.5. The standard InChI is InChI=1S/C32H28ClF2N5O3S/c1-20(41)37-13-15-38(16-14-37)27(42)18-39-28(43)19-44-31(23-12-11-22(34)17-25(23)35)29-30(21-7-3-2-4-8-21)36-40(32(29)39)26-10-6-5-9-24(26)33/h2-12,17,31H,13-16,18-19H2,1H3/t31-/m0/s1. The average molecular weight is 636 g/mol. The predicted octanol–water partition coefficient (Wildman–Crippen LogP) is 5.33. The predicted molar refractivity (Wildman–Crippen MR) is 166 cm³/mol. The summed E-state index contributed by atoms with van der Waals surface area (Å²) in [6, 6.07) is 19.7. The van der Waals surface area contributed by atoms with Crippen LogP contribution in [0.3, 0.4) is 0 Å². The monoisotopic (exact) mass is 635 g/mol. The molecule has 0 aliphatic carbocycles. The molecule has 12 heteroatoms. The topological polar surface area (TPSA) is 78.8 Å². The van der Waals surface area contributed by atoms with E-state index in [1.165, 1.54) is 35.7 Å². The molecular formula is C32H28ClF2N5O3S. The van der Waals surface area contributed by atoms with Crippen molar-refractivity contribution in [2.45, 2.75) is 12.2 Å². The van der Waals surface area contributed by atoms with E-state index in [-0.39, 0.29) is 41.4 Å². The van der Waals surface area contributed by atoms with Crippen molar-refractivity contribution in [2.75, 3.05) is 43.4 Å². The number of amides is 3. The second-order valence-corrected chi connectivity index (χ2v) is 12.0. The number of para-hydroxylation sites is 1. The molecule has 0 spiro atoms. The van der Waals surface area contributed by atoms with E-state index in [0.29, 0.717) is 53.7 Å². The maximum absolute atomic E-state index is 15.4. The van der Waals surface area contributed by atoms with Gasteiger partial charge in [0.1, 0.15) is 24.0 Å². The maximum atomic E-state index is 15.4. The highest BCUT2D eigenvalue weighted by molar-refractivity contribution is 8.00. The number of piperazine rings is 1. The summed E-state index contributed by atoms with van der Waals surface area (Å²) < 4.78 is 31.0. The Morgan fingerprint density at radius 2 is 1.64 bits per heavy atom. The molecular weight excluding hydrogens is 608 g/mol. The Morgan fingerprint density at radius 3 is 2.32 bits per heavy atom. The molecule has 1 saturated heterocycles. The van der Waals surface area contributed by atoms with Crippen molar-refractivity contribution in [3.63, 3.8) is 0 Å². The van der Waals surface area contributed by atoms with E-state index < -0.39 is 16.9 Å². The number of hydrogen-bond donors (Lipinski definition) is 0. The summed E-state index contributed by atoms with van der Waals surface area (Å²) in [6.45, 7) is 2.67. The van der Waals surface area contributed by atoms with Crippen molar-refractivity contribution in [2.24, 2.45) is 0 Å². The minimum Gasteiger partial charge on any atom is -0.339 e. The average Bonchev–Trinajstić information content (AvgIpc) is 3.34. The van der Waals surface area contributed by atoms with E-state index in [9.17, 15) is 18.8 Å². The van der Waals surface area contributed by atoms with Gasteiger partial charge in [-0.3, -0.25) is 19.3 Å². The summed E-state index contributed by atoms with van der Waals surface area (Å²) in [5.74, 6) is -1.97. The van der Waals surface area contributed by atoms with E-state index in [0.717, 1.165) is 6.07 Å². The lowest BCUT2D eigenvalue weighted by atomic mass is 9.99. The van der Waals surface area contributed by atoms with E-state index >= 15 is 4.39 Å². The van der Waals surface area contributed by atoms with Crippen LogP contribution in [0.25, 0.3) is 16.9 Å². The molecule has 1 aromatic heterocycles. The Labute approximate surface area is 262 Å². The van der Waals surface area contributed by atoms with Crippen molar-refractivity contribution in [1.82, 2.24) is 19.6 Å². The molecule has 0 radical (unpaired) electrons. The third-order valence-corrected chi connectivity index (χ3v) is 9.39. The van der Waals surface area contributed by atoms with Gasteiger partial charge in [-0.2, -0.15) is 5.10 Å². The second-order valence-electron chi connectivity index (χ2n) is 10.5. The van der Waals surface area contributed by atoms with E-state index in [4.69, 9.17) is 16.7 Å². The lowest BCUT2D eigenvalue weighted by Gasteiger charge is -2.35. The van der Waals surface area contributed by atoms with E-state index in [1.54, 1.807) is 38.7 Å². The number of benzene rings is 3. The fourth-order valence-electron chi connectivity index (χ4n) is 5.59. The van der Waals surface area contributed by atoms with Crippen LogP contribution in [0.2, 0.25) is 5.02 Å². The van der Waals surface area contributed by atoms with Gasteiger partial charge in [0.25, 0.3) is 0 Å². The number of thioether (sulfide) groups is 1. The summed E-state index contributed by atoms with van der Waals surface area (Å²) >= 11 is 7.86. The van der Waals surface area contributed by atoms with Crippen molar-refractivity contribution in [3.8, 4) is 16.9 Å². The molecule has 3 amide bonds. The summed E-state index contributed by atoms with van der Waals surface area (Å²) in [5.41, 5.74) is 2.35. The van der Waals surface area contributed by atoms with Crippen LogP contribution in [-0.2, 0) is 14.4 Å². The van der Waals surface area contributed by atoms with Crippen LogP contribution < -0.4 is 4.90 Å². The molecule has 1 fully saturated rings. The van der Waals surface area contributed by atoms with Crippen molar-refractivity contribution >= 4 is 46.9 Å². The number of halogens is 3. The fourth-order valence-corrected chi connectivity index (χ4v) is 7.02. The van der Waals surface area contributed by atoms with Gasteiger partial charge in [-0.1, -0.05) is 60.1 Å². The van der Waals surface area contributed by atoms with Crippen LogP contribution >= 0.6 is 23.4 Å². The van der Waals surface area contributed by atoms with Gasteiger partial charge in [0.15, 0.2) is 0 Å². The molecule has 0 bridgehead atoms. The normalized spacial score (nSPS) is 17.0. The van der Waals surface area contributed by atoms with Gasteiger partial charge < -0.3 is 9.80 Å². The molecule has 4 aromatic rings. The zero-order valence-corrected chi connectivity index (χ0v) is 25.3. The quantitative estimate of drug-likeness (QED) is 0.296. The Kier molecular flexibility index (Phi) is 8.42. The highest BCUT2D eigenvalue weighted by Gasteiger charge is 2.39. The molecule has 8 nitrogen and oxygen atoms in total. The van der Waals surface area contributed by atoms with Crippen LogP contribution in [0.1, 0.15) is 23.3 Å². The zero-order chi connectivity index (χ0) is 31.0. The number of anilines is 1. The van der Waals surface area contributed by atoms with E-state index in [1.807, 2.05) is 30.3 Å². The van der Waals surface area contributed by atoms with Gasteiger partial charge in [0, 0.05) is 55.9 Å². The first-order chi connectivity index (χ1) is 21.2. The largest absolute Gasteiger partial charge is 0.339 e. The molecule has 0 unspecified atom stereocenters. The van der Waals surface area contributed by atoms with Gasteiger partial charge >= 0.3 is 0 Å². The summed E-state index contributed by atoms with van der Waals surface area (Å²) in [4.78, 5) is 44.2. The van der Waals surface area contributed by atoms with Gasteiger partial charge in [-0.05, 0) is 18.2 Å². The Morgan fingerprint density at radius 1 is 0.955 bits per heavy atom. The maximum Gasteiger partial charge on any atom is 0.242 e. The van der Waals surface area contributed by atoms with Crippen LogP contribution in [0.15, 0.2) is 72.8 Å². The third kappa shape index (κ3) is 5.69. The molecule has 0 saturated carbocycles. The highest BCUT2D eigenvalue weighted by Crippen LogP contribution is 2.49. The SMILES string of the molecule is CC(=O)N1CCN(C(=O)CN2C(=O)CS[C@@H](c3ccc(F)cc3F)c3c(-c4ccccc4)nn(-c4ccccc4Cl)c32)CC1. The summed E-state index contributed by atoms with van der Waals surface area (Å²) in [6.07, 6.45) is 0. The Bertz CT molecular complexity index is 1740. The number of aromatic nitrogens is 2. The van der Waals surface area contributed by atoms with Crippen LogP contribution in [0, 0.1) is 11.6 Å². The number of fused-ring (bicyclic) bond motifs is 1. The zero-order valence-electron chi connectivity index (χ0n) is 23.8. The molecule has 2 aliphatic heterocycles. The minimum atomic E-state index is -0.764. The van der Waals surface area contributed by atoms with Crippen molar-refractivity contribution < 1.29 is 23.2 Å². The van der Waals surface area contributed by atoms with Crippen LogP contribution in [0.4, 0.5) is 14.6 Å². The van der Waals surface area contributed by atoms with E-state index in [2.05, 4.69) is 0 Å². The van der Waals surface area contributed by atoms with Crippen LogP contribution in [0.5, 0.6) is 0 Å². The lowest BCUT2D eigenvalue weighted by molar-refractivity contribution is -0.137. The van der Waals surface area contributed by atoms with Crippen molar-refractivity contribution in [1.29, 1.82) is 0 Å². The molecule has 226 valence electrons. The fraction of sp³-hybridized carbons (Fsp3) is 0.250. The number of nitrogens with zero attached hydrogens (tertiary/aromatic N) is 5.